The van der Waals surface area contributed by atoms with Gasteiger partial charge in [0, 0.05) is 50.2 Å². The van der Waals surface area contributed by atoms with Gasteiger partial charge in [0.1, 0.15) is 17.5 Å². The van der Waals surface area contributed by atoms with Gasteiger partial charge >= 0.3 is 0 Å². The molecule has 2 unspecified atom stereocenters. The smallest absolute Gasteiger partial charge is 0.256 e. The van der Waals surface area contributed by atoms with Crippen LogP contribution in [0.25, 0.3) is 0 Å². The van der Waals surface area contributed by atoms with Crippen molar-refractivity contribution >= 4 is 17.7 Å². The Kier molecular flexibility index (Phi) is 7.67. The quantitative estimate of drug-likeness (QED) is 0.628. The lowest BCUT2D eigenvalue weighted by Gasteiger charge is -2.44. The summed E-state index contributed by atoms with van der Waals surface area (Å²) < 4.78 is 17.2. The van der Waals surface area contributed by atoms with Gasteiger partial charge in [-0.25, -0.2) is 0 Å². The lowest BCUT2D eigenvalue weighted by molar-refractivity contribution is -0.128. The third kappa shape index (κ3) is 5.26. The van der Waals surface area contributed by atoms with E-state index in [4.69, 9.17) is 14.2 Å². The van der Waals surface area contributed by atoms with E-state index in [1.807, 2.05) is 25.1 Å². The maximum atomic E-state index is 13.9. The summed E-state index contributed by atoms with van der Waals surface area (Å²) in [5.41, 5.74) is 1.06. The van der Waals surface area contributed by atoms with Gasteiger partial charge in [-0.2, -0.15) is 0 Å². The maximum Gasteiger partial charge on any atom is 0.256 e. The highest BCUT2D eigenvalue weighted by atomic mass is 16.5. The fraction of sp³-hybridized carbons (Fsp3) is 0.483. The number of likely N-dealkylation sites (tertiary alicyclic amines) is 1. The van der Waals surface area contributed by atoms with Crippen LogP contribution in [0.1, 0.15) is 52.0 Å². The molecule has 9 nitrogen and oxygen atoms in total. The van der Waals surface area contributed by atoms with Crippen molar-refractivity contribution < 1.29 is 28.6 Å². The number of carbonyl (C=O) groups excluding carboxylic acids is 3. The third-order valence-corrected chi connectivity index (χ3v) is 7.72. The van der Waals surface area contributed by atoms with Crippen molar-refractivity contribution in [1.82, 2.24) is 15.1 Å². The van der Waals surface area contributed by atoms with Crippen LogP contribution in [0.15, 0.2) is 48.5 Å². The van der Waals surface area contributed by atoms with Gasteiger partial charge in [-0.05, 0) is 50.1 Å². The predicted octanol–water partition coefficient (Wildman–Crippen LogP) is 2.77. The van der Waals surface area contributed by atoms with Gasteiger partial charge in [-0.3, -0.25) is 19.3 Å². The van der Waals surface area contributed by atoms with Crippen LogP contribution in [-0.2, 0) is 14.3 Å². The molecule has 202 valence electrons. The summed E-state index contributed by atoms with van der Waals surface area (Å²) in [4.78, 5) is 43.8. The Labute approximate surface area is 223 Å². The zero-order valence-corrected chi connectivity index (χ0v) is 22.0. The molecule has 9 heteroatoms. The molecule has 3 amide bonds. The number of hydrogen-bond donors (Lipinski definition) is 1. The first-order valence-electron chi connectivity index (χ1n) is 13.3. The average Bonchev–Trinajstić information content (AvgIpc) is 3.60. The van der Waals surface area contributed by atoms with Crippen molar-refractivity contribution in [3.63, 3.8) is 0 Å². The number of nitrogens with one attached hydrogen (secondary N) is 1. The zero-order valence-electron chi connectivity index (χ0n) is 22.0. The first-order chi connectivity index (χ1) is 18.4. The van der Waals surface area contributed by atoms with Crippen molar-refractivity contribution in [3.05, 3.63) is 65.2 Å². The standard InChI is InChI=1S/C29H35N3O6/c1-20-6-3-7-21(16-20)28(35)32-25(26(33)30-18-24-10-5-15-37-24)19-38-29(32)11-13-31(14-12-29)27(34)22-8-4-9-23(17-22)36-2/h3-4,6-9,16-17,24-25H,5,10-15,18-19H2,1-2H3,(H,30,33). The molecule has 0 aliphatic carbocycles. The van der Waals surface area contributed by atoms with Crippen LogP contribution in [-0.4, -0.2) is 85.3 Å². The number of nitrogens with zero attached hydrogens (tertiary/aromatic N) is 2. The predicted molar refractivity (Wildman–Crippen MR) is 140 cm³/mol. The van der Waals surface area contributed by atoms with E-state index in [1.54, 1.807) is 47.2 Å². The van der Waals surface area contributed by atoms with Crippen LogP contribution in [0.2, 0.25) is 0 Å². The van der Waals surface area contributed by atoms with Gasteiger partial charge < -0.3 is 24.4 Å². The summed E-state index contributed by atoms with van der Waals surface area (Å²) in [5.74, 6) is 0.0405. The highest BCUT2D eigenvalue weighted by Crippen LogP contribution is 2.39. The fourth-order valence-electron chi connectivity index (χ4n) is 5.62. The van der Waals surface area contributed by atoms with Gasteiger partial charge in [0.15, 0.2) is 0 Å². The second-order valence-corrected chi connectivity index (χ2v) is 10.2. The Balaban J connectivity index is 1.34. The average molecular weight is 522 g/mol. The number of hydrogen-bond acceptors (Lipinski definition) is 6. The summed E-state index contributed by atoms with van der Waals surface area (Å²) in [5, 5.41) is 2.98. The molecule has 1 N–H and O–H groups in total. The summed E-state index contributed by atoms with van der Waals surface area (Å²) >= 11 is 0. The normalized spacial score (nSPS) is 22.5. The summed E-state index contributed by atoms with van der Waals surface area (Å²) in [6.07, 6.45) is 2.72. The Morgan fingerprint density at radius 3 is 2.47 bits per heavy atom. The highest BCUT2D eigenvalue weighted by Gasteiger charge is 2.54. The molecule has 5 rings (SSSR count). The molecule has 0 aromatic heterocycles. The number of carbonyl (C=O) groups is 3. The maximum absolute atomic E-state index is 13.9. The number of benzene rings is 2. The Morgan fingerprint density at radius 1 is 1.05 bits per heavy atom. The molecular weight excluding hydrogens is 486 g/mol. The number of methoxy groups -OCH3 is 1. The first-order valence-corrected chi connectivity index (χ1v) is 13.3. The van der Waals surface area contributed by atoms with Gasteiger partial charge in [-0.1, -0.05) is 23.8 Å². The fourth-order valence-corrected chi connectivity index (χ4v) is 5.62. The Morgan fingerprint density at radius 2 is 1.79 bits per heavy atom. The van der Waals surface area contributed by atoms with E-state index >= 15 is 0 Å². The molecule has 3 aliphatic heterocycles. The van der Waals surface area contributed by atoms with E-state index in [0.29, 0.717) is 56.0 Å². The van der Waals surface area contributed by atoms with Crippen LogP contribution in [0.4, 0.5) is 0 Å². The lowest BCUT2D eigenvalue weighted by atomic mass is 9.95. The first kappa shape index (κ1) is 26.2. The van der Waals surface area contributed by atoms with Crippen LogP contribution in [0, 0.1) is 6.92 Å². The van der Waals surface area contributed by atoms with Crippen molar-refractivity contribution in [3.8, 4) is 5.75 Å². The second-order valence-electron chi connectivity index (χ2n) is 10.2. The van der Waals surface area contributed by atoms with Crippen molar-refractivity contribution in [2.24, 2.45) is 0 Å². The van der Waals surface area contributed by atoms with E-state index in [9.17, 15) is 14.4 Å². The van der Waals surface area contributed by atoms with Gasteiger partial charge in [0.2, 0.25) is 5.91 Å². The van der Waals surface area contributed by atoms with Crippen molar-refractivity contribution in [2.75, 3.05) is 40.0 Å². The molecule has 3 aliphatic rings. The van der Waals surface area contributed by atoms with Crippen LogP contribution in [0.5, 0.6) is 5.75 Å². The summed E-state index contributed by atoms with van der Waals surface area (Å²) in [7, 11) is 1.57. The van der Waals surface area contributed by atoms with Crippen LogP contribution in [0.3, 0.4) is 0 Å². The lowest BCUT2D eigenvalue weighted by Crippen LogP contribution is -2.60. The molecule has 1 spiro atoms. The summed E-state index contributed by atoms with van der Waals surface area (Å²) in [6, 6.07) is 13.7. The third-order valence-electron chi connectivity index (χ3n) is 7.72. The number of aryl methyl sites for hydroxylation is 1. The van der Waals surface area contributed by atoms with E-state index in [0.717, 1.165) is 18.4 Å². The number of piperidine rings is 1. The number of rotatable bonds is 6. The molecule has 2 aromatic carbocycles. The number of amides is 3. The molecule has 2 atom stereocenters. The molecule has 0 saturated carbocycles. The highest BCUT2D eigenvalue weighted by molar-refractivity contribution is 5.99. The zero-order chi connectivity index (χ0) is 26.7. The minimum absolute atomic E-state index is 0.00187. The van der Waals surface area contributed by atoms with Crippen molar-refractivity contribution in [1.29, 1.82) is 0 Å². The van der Waals surface area contributed by atoms with E-state index in [2.05, 4.69) is 5.32 Å². The topological polar surface area (TPSA) is 97.4 Å². The van der Waals surface area contributed by atoms with Crippen molar-refractivity contribution in [2.45, 2.75) is 50.5 Å². The molecule has 38 heavy (non-hydrogen) atoms. The molecule has 3 saturated heterocycles. The molecule has 0 bridgehead atoms. The SMILES string of the molecule is COc1cccc(C(=O)N2CCC3(CC2)OCC(C(=O)NCC2CCCO2)N3C(=O)c2cccc(C)c2)c1. The van der Waals surface area contributed by atoms with E-state index in [1.165, 1.54) is 0 Å². The van der Waals surface area contributed by atoms with Crippen LogP contribution >= 0.6 is 0 Å². The van der Waals surface area contributed by atoms with Gasteiger partial charge in [-0.15, -0.1) is 0 Å². The van der Waals surface area contributed by atoms with Gasteiger partial charge in [0.05, 0.1) is 19.8 Å². The van der Waals surface area contributed by atoms with E-state index in [-0.39, 0.29) is 30.4 Å². The van der Waals surface area contributed by atoms with Gasteiger partial charge in [0.25, 0.3) is 11.8 Å². The van der Waals surface area contributed by atoms with E-state index < -0.39 is 11.8 Å². The molecule has 3 heterocycles. The molecular formula is C29H35N3O6. The largest absolute Gasteiger partial charge is 0.497 e. The minimum Gasteiger partial charge on any atom is -0.497 e. The summed E-state index contributed by atoms with van der Waals surface area (Å²) in [6.45, 7) is 3.97. The Hall–Kier alpha value is -3.43. The Bertz CT molecular complexity index is 1190. The number of ether oxygens (including phenoxy) is 3. The molecule has 0 radical (unpaired) electrons. The molecule has 3 fully saturated rings. The molecule has 2 aromatic rings. The monoisotopic (exact) mass is 521 g/mol. The van der Waals surface area contributed by atoms with Crippen LogP contribution < -0.4 is 10.1 Å². The minimum atomic E-state index is -0.960. The second kappa shape index (κ2) is 11.1.